The Morgan fingerprint density at radius 3 is 2.66 bits per heavy atom. The van der Waals surface area contributed by atoms with Gasteiger partial charge in [0.2, 0.25) is 5.91 Å². The minimum atomic E-state index is -0.135. The van der Waals surface area contributed by atoms with Crippen LogP contribution in [0.5, 0.6) is 11.5 Å². The maximum Gasteiger partial charge on any atom is 0.228 e. The van der Waals surface area contributed by atoms with Crippen molar-refractivity contribution >= 4 is 34.0 Å². The van der Waals surface area contributed by atoms with E-state index in [1.807, 2.05) is 42.5 Å². The van der Waals surface area contributed by atoms with Crippen LogP contribution >= 0.6 is 11.6 Å². The van der Waals surface area contributed by atoms with E-state index in [4.69, 9.17) is 21.1 Å². The number of carbonyl (C=O) groups is 1. The highest BCUT2D eigenvalue weighted by atomic mass is 35.5. The van der Waals surface area contributed by atoms with Gasteiger partial charge in [0.1, 0.15) is 11.5 Å². The molecule has 3 aromatic rings. The van der Waals surface area contributed by atoms with Gasteiger partial charge in [0.05, 0.1) is 20.8 Å². The fraction of sp³-hybridized carbons (Fsp3) is 0.208. The van der Waals surface area contributed by atoms with Gasteiger partial charge in [-0.15, -0.1) is 0 Å². The highest BCUT2D eigenvalue weighted by molar-refractivity contribution is 6.30. The minimum absolute atomic E-state index is 0.0115. The first-order chi connectivity index (χ1) is 14.0. The van der Waals surface area contributed by atoms with E-state index in [0.29, 0.717) is 23.0 Å². The van der Waals surface area contributed by atoms with E-state index in [1.165, 1.54) is 0 Å². The number of anilines is 1. The van der Waals surface area contributed by atoms with Crippen LogP contribution in [-0.2, 0) is 4.79 Å². The third-order valence-corrected chi connectivity index (χ3v) is 5.53. The maximum absolute atomic E-state index is 13.1. The smallest absolute Gasteiger partial charge is 0.228 e. The van der Waals surface area contributed by atoms with Gasteiger partial charge in [0, 0.05) is 34.7 Å². The fourth-order valence-electron chi connectivity index (χ4n) is 4.12. The standard InChI is InChI=1S/C24H22ClNO3/c1-15(25)14-26-21-11-8-16-6-4-5-7-18(16)24(21)20(13-23(26)27)19-10-9-17(28-2)12-22(19)29-3/h4-12,20H,1,13-14H2,2-3H3. The molecule has 1 aliphatic rings. The number of carbonyl (C=O) groups excluding carboxylic acids is 1. The Balaban J connectivity index is 1.97. The Kier molecular flexibility index (Phi) is 5.20. The molecule has 0 aromatic heterocycles. The van der Waals surface area contributed by atoms with Gasteiger partial charge < -0.3 is 14.4 Å². The summed E-state index contributed by atoms with van der Waals surface area (Å²) in [4.78, 5) is 14.8. The predicted octanol–water partition coefficient (Wildman–Crippen LogP) is 5.48. The van der Waals surface area contributed by atoms with Crippen molar-refractivity contribution in [3.63, 3.8) is 0 Å². The summed E-state index contributed by atoms with van der Waals surface area (Å²) in [6.07, 6.45) is 0.327. The first kappa shape index (κ1) is 19.3. The Bertz CT molecular complexity index is 1110. The maximum atomic E-state index is 13.1. The molecule has 1 aliphatic heterocycles. The molecule has 0 spiro atoms. The number of amides is 1. The number of benzene rings is 3. The van der Waals surface area contributed by atoms with Crippen molar-refractivity contribution in [1.29, 1.82) is 0 Å². The second-order valence-electron chi connectivity index (χ2n) is 7.08. The average Bonchev–Trinajstić information content (AvgIpc) is 2.74. The SMILES string of the molecule is C=C(Cl)CN1C(=O)CC(c2ccc(OC)cc2OC)c2c1ccc1ccccc21. The van der Waals surface area contributed by atoms with E-state index in [2.05, 4.69) is 18.7 Å². The Morgan fingerprint density at radius 1 is 1.14 bits per heavy atom. The molecule has 0 saturated carbocycles. The Morgan fingerprint density at radius 2 is 1.93 bits per heavy atom. The molecule has 5 heteroatoms. The molecule has 1 atom stereocenters. The molecule has 0 bridgehead atoms. The lowest BCUT2D eigenvalue weighted by molar-refractivity contribution is -0.119. The van der Waals surface area contributed by atoms with Crippen molar-refractivity contribution in [2.75, 3.05) is 25.7 Å². The van der Waals surface area contributed by atoms with Gasteiger partial charge in [0.25, 0.3) is 0 Å². The van der Waals surface area contributed by atoms with E-state index >= 15 is 0 Å². The first-order valence-electron chi connectivity index (χ1n) is 9.40. The molecule has 148 valence electrons. The molecular formula is C24H22ClNO3. The van der Waals surface area contributed by atoms with Crippen LogP contribution in [0.3, 0.4) is 0 Å². The molecule has 0 N–H and O–H groups in total. The molecule has 0 saturated heterocycles. The van der Waals surface area contributed by atoms with Crippen molar-refractivity contribution in [2.45, 2.75) is 12.3 Å². The van der Waals surface area contributed by atoms with E-state index < -0.39 is 0 Å². The van der Waals surface area contributed by atoms with Crippen molar-refractivity contribution in [1.82, 2.24) is 0 Å². The molecule has 29 heavy (non-hydrogen) atoms. The molecule has 1 heterocycles. The average molecular weight is 408 g/mol. The normalized spacial score (nSPS) is 15.9. The third-order valence-electron chi connectivity index (χ3n) is 5.41. The van der Waals surface area contributed by atoms with Crippen LogP contribution in [-0.4, -0.2) is 26.7 Å². The zero-order valence-electron chi connectivity index (χ0n) is 16.4. The van der Waals surface area contributed by atoms with Gasteiger partial charge in [0.15, 0.2) is 0 Å². The number of hydrogen-bond acceptors (Lipinski definition) is 3. The number of halogens is 1. The number of hydrogen-bond donors (Lipinski definition) is 0. The molecule has 0 fully saturated rings. The largest absolute Gasteiger partial charge is 0.497 e. The summed E-state index contributed by atoms with van der Waals surface area (Å²) in [5.41, 5.74) is 2.93. The summed E-state index contributed by atoms with van der Waals surface area (Å²) in [6.45, 7) is 4.07. The van der Waals surface area contributed by atoms with Crippen molar-refractivity contribution < 1.29 is 14.3 Å². The summed E-state index contributed by atoms with van der Waals surface area (Å²) in [5.74, 6) is 1.30. The van der Waals surface area contributed by atoms with Crippen LogP contribution in [0.1, 0.15) is 23.5 Å². The van der Waals surface area contributed by atoms with Crippen LogP contribution < -0.4 is 14.4 Å². The van der Waals surface area contributed by atoms with E-state index in [9.17, 15) is 4.79 Å². The number of ether oxygens (including phenoxy) is 2. The van der Waals surface area contributed by atoms with E-state index in [1.54, 1.807) is 19.1 Å². The predicted molar refractivity (Wildman–Crippen MR) is 117 cm³/mol. The Labute approximate surface area is 175 Å². The van der Waals surface area contributed by atoms with Crippen molar-refractivity contribution in [3.8, 4) is 11.5 Å². The summed E-state index contributed by atoms with van der Waals surface area (Å²) in [6, 6.07) is 18.0. The lowest BCUT2D eigenvalue weighted by Crippen LogP contribution is -2.38. The zero-order chi connectivity index (χ0) is 20.5. The summed E-state index contributed by atoms with van der Waals surface area (Å²) < 4.78 is 11.0. The van der Waals surface area contributed by atoms with Gasteiger partial charge in [-0.1, -0.05) is 54.6 Å². The van der Waals surface area contributed by atoms with Crippen LogP contribution in [0.15, 0.2) is 66.2 Å². The lowest BCUT2D eigenvalue weighted by atomic mass is 9.81. The van der Waals surface area contributed by atoms with Crippen LogP contribution in [0, 0.1) is 0 Å². The molecule has 0 aliphatic carbocycles. The highest BCUT2D eigenvalue weighted by Gasteiger charge is 2.35. The first-order valence-corrected chi connectivity index (χ1v) is 9.78. The Hall–Kier alpha value is -2.98. The van der Waals surface area contributed by atoms with Gasteiger partial charge >= 0.3 is 0 Å². The number of fused-ring (bicyclic) bond motifs is 3. The van der Waals surface area contributed by atoms with Crippen LogP contribution in [0.4, 0.5) is 5.69 Å². The van der Waals surface area contributed by atoms with Crippen LogP contribution in [0.25, 0.3) is 10.8 Å². The summed E-state index contributed by atoms with van der Waals surface area (Å²) in [5, 5.41) is 2.67. The molecule has 4 nitrogen and oxygen atoms in total. The molecule has 4 rings (SSSR count). The second kappa shape index (κ2) is 7.80. The topological polar surface area (TPSA) is 38.8 Å². The summed E-state index contributed by atoms with van der Waals surface area (Å²) >= 11 is 6.07. The quantitative estimate of drug-likeness (QED) is 0.562. The fourth-order valence-corrected chi connectivity index (χ4v) is 4.24. The lowest BCUT2D eigenvalue weighted by Gasteiger charge is -2.35. The molecule has 3 aromatic carbocycles. The van der Waals surface area contributed by atoms with Crippen LogP contribution in [0.2, 0.25) is 0 Å². The summed E-state index contributed by atoms with van der Waals surface area (Å²) in [7, 11) is 3.26. The van der Waals surface area contributed by atoms with Gasteiger partial charge in [-0.2, -0.15) is 0 Å². The molecule has 1 amide bonds. The molecular weight excluding hydrogens is 386 g/mol. The number of rotatable bonds is 5. The van der Waals surface area contributed by atoms with Gasteiger partial charge in [-0.05, 0) is 28.5 Å². The highest BCUT2D eigenvalue weighted by Crippen LogP contribution is 2.47. The van der Waals surface area contributed by atoms with E-state index in [-0.39, 0.29) is 18.4 Å². The third kappa shape index (κ3) is 3.45. The number of methoxy groups -OCH3 is 2. The minimum Gasteiger partial charge on any atom is -0.497 e. The van der Waals surface area contributed by atoms with E-state index in [0.717, 1.165) is 27.6 Å². The van der Waals surface area contributed by atoms with Crippen molar-refractivity contribution in [3.05, 3.63) is 77.3 Å². The molecule has 0 radical (unpaired) electrons. The second-order valence-corrected chi connectivity index (χ2v) is 7.62. The zero-order valence-corrected chi connectivity index (χ0v) is 17.2. The van der Waals surface area contributed by atoms with Crippen molar-refractivity contribution in [2.24, 2.45) is 0 Å². The van der Waals surface area contributed by atoms with Gasteiger partial charge in [-0.3, -0.25) is 4.79 Å². The molecule has 1 unspecified atom stereocenters. The monoisotopic (exact) mass is 407 g/mol. The number of nitrogens with zero attached hydrogens (tertiary/aromatic N) is 1. The van der Waals surface area contributed by atoms with Gasteiger partial charge in [-0.25, -0.2) is 0 Å².